The van der Waals surface area contributed by atoms with Crippen molar-refractivity contribution in [1.29, 1.82) is 0 Å². The molecule has 3 aromatic rings. The van der Waals surface area contributed by atoms with Crippen LogP contribution in [0.25, 0.3) is 11.3 Å². The lowest BCUT2D eigenvalue weighted by atomic mass is 9.93. The summed E-state index contributed by atoms with van der Waals surface area (Å²) in [5, 5.41) is 28.9. The van der Waals surface area contributed by atoms with Crippen LogP contribution >= 0.6 is 0 Å². The van der Waals surface area contributed by atoms with E-state index in [2.05, 4.69) is 0 Å². The lowest BCUT2D eigenvalue weighted by Gasteiger charge is -2.18. The Morgan fingerprint density at radius 1 is 1.12 bits per heavy atom. The number of methoxy groups -OCH3 is 1. The highest BCUT2D eigenvalue weighted by molar-refractivity contribution is 5.89. The van der Waals surface area contributed by atoms with Crippen LogP contribution < -0.4 is 5.56 Å². The third-order valence-electron chi connectivity index (χ3n) is 5.13. The number of ether oxygens (including phenoxy) is 1. The van der Waals surface area contributed by atoms with E-state index in [-0.39, 0.29) is 34.8 Å². The summed E-state index contributed by atoms with van der Waals surface area (Å²) in [6.07, 6.45) is -0.364. The number of aromatic nitrogens is 1. The molecule has 3 N–H and O–H groups in total. The maximum Gasteiger partial charge on any atom is 0.335 e. The molecule has 0 aliphatic carbocycles. The molecule has 0 unspecified atom stereocenters. The van der Waals surface area contributed by atoms with E-state index in [4.69, 9.17) is 14.3 Å². The minimum Gasteiger partial charge on any atom is -0.507 e. The van der Waals surface area contributed by atoms with Gasteiger partial charge >= 0.3 is 17.9 Å². The van der Waals surface area contributed by atoms with Crippen molar-refractivity contribution in [3.05, 3.63) is 75.4 Å². The molecule has 0 spiro atoms. The van der Waals surface area contributed by atoms with Gasteiger partial charge in [-0.1, -0.05) is 12.1 Å². The number of hydrogen-bond acceptors (Lipinski definition) is 7. The van der Waals surface area contributed by atoms with Gasteiger partial charge in [0.15, 0.2) is 0 Å². The SMILES string of the molecule is COC(=O)C[C@@H](c1ccc(-c2cccc(C(=O)O)c2)o1)c1c(O)cc(C)n(CC(=O)O)c1=O. The van der Waals surface area contributed by atoms with Gasteiger partial charge in [-0.2, -0.15) is 0 Å². The fourth-order valence-corrected chi connectivity index (χ4v) is 3.52. The Morgan fingerprint density at radius 2 is 1.85 bits per heavy atom. The highest BCUT2D eigenvalue weighted by Gasteiger charge is 2.29. The highest BCUT2D eigenvalue weighted by Crippen LogP contribution is 2.35. The molecule has 0 fully saturated rings. The molecule has 0 aliphatic heterocycles. The number of carbonyl (C=O) groups excluding carboxylic acids is 1. The molecule has 2 heterocycles. The van der Waals surface area contributed by atoms with Gasteiger partial charge in [0.25, 0.3) is 5.56 Å². The van der Waals surface area contributed by atoms with Crippen molar-refractivity contribution in [1.82, 2.24) is 4.57 Å². The average Bonchev–Trinajstić information content (AvgIpc) is 3.25. The summed E-state index contributed by atoms with van der Waals surface area (Å²) in [5.74, 6) is -4.14. The Kier molecular flexibility index (Phi) is 6.67. The molecule has 0 amide bonds. The van der Waals surface area contributed by atoms with Gasteiger partial charge in [0, 0.05) is 11.3 Å². The van der Waals surface area contributed by atoms with Crippen LogP contribution in [-0.2, 0) is 20.9 Å². The van der Waals surface area contributed by atoms with E-state index in [9.17, 15) is 29.4 Å². The second-order valence-electron chi connectivity index (χ2n) is 7.29. The molecule has 0 radical (unpaired) electrons. The molecule has 0 bridgehead atoms. The number of rotatable bonds is 8. The van der Waals surface area contributed by atoms with Gasteiger partial charge in [-0.15, -0.1) is 0 Å². The van der Waals surface area contributed by atoms with Gasteiger partial charge in [0.2, 0.25) is 0 Å². The first-order valence-corrected chi connectivity index (χ1v) is 9.77. The first kappa shape index (κ1) is 23.3. The van der Waals surface area contributed by atoms with Crippen molar-refractivity contribution in [3.63, 3.8) is 0 Å². The Labute approximate surface area is 187 Å². The van der Waals surface area contributed by atoms with Crippen LogP contribution in [0.2, 0.25) is 0 Å². The number of carboxylic acid groups (broad SMARTS) is 2. The zero-order valence-corrected chi connectivity index (χ0v) is 17.8. The van der Waals surface area contributed by atoms with E-state index >= 15 is 0 Å². The minimum atomic E-state index is -1.25. The maximum absolute atomic E-state index is 13.1. The maximum atomic E-state index is 13.1. The van der Waals surface area contributed by atoms with Crippen LogP contribution in [0.3, 0.4) is 0 Å². The number of benzene rings is 1. The number of hydrogen-bond donors (Lipinski definition) is 3. The number of esters is 1. The van der Waals surface area contributed by atoms with Crippen LogP contribution in [0, 0.1) is 6.92 Å². The van der Waals surface area contributed by atoms with Crippen LogP contribution in [-0.4, -0.2) is 44.9 Å². The summed E-state index contributed by atoms with van der Waals surface area (Å²) in [5.41, 5.74) is -0.271. The molecule has 2 aromatic heterocycles. The molecular weight excluding hydrogens is 434 g/mol. The van der Waals surface area contributed by atoms with Crippen LogP contribution in [0.15, 0.2) is 51.7 Å². The molecule has 10 nitrogen and oxygen atoms in total. The third-order valence-corrected chi connectivity index (χ3v) is 5.13. The standard InChI is InChI=1S/C23H21NO9/c1-12-8-16(25)21(22(29)24(12)11-19(26)27)15(10-20(28)32-2)18-7-6-17(33-18)13-4-3-5-14(9-13)23(30)31/h3-9,15,25H,10-11H2,1-2H3,(H,26,27)(H,30,31)/t15-/m0/s1. The number of aromatic carboxylic acids is 1. The zero-order valence-electron chi connectivity index (χ0n) is 17.8. The van der Waals surface area contributed by atoms with E-state index in [0.717, 1.165) is 4.57 Å². The number of aryl methyl sites for hydroxylation is 1. The van der Waals surface area contributed by atoms with Crippen LogP contribution in [0.4, 0.5) is 0 Å². The molecule has 3 rings (SSSR count). The van der Waals surface area contributed by atoms with Crippen LogP contribution in [0.1, 0.15) is 39.7 Å². The van der Waals surface area contributed by atoms with Gasteiger partial charge in [0.1, 0.15) is 23.8 Å². The predicted octanol–water partition coefficient (Wildman–Crippen LogP) is 2.60. The number of furan rings is 1. The quantitative estimate of drug-likeness (QED) is 0.434. The molecular formula is C23H21NO9. The Morgan fingerprint density at radius 3 is 2.48 bits per heavy atom. The first-order valence-electron chi connectivity index (χ1n) is 9.77. The second-order valence-corrected chi connectivity index (χ2v) is 7.29. The van der Waals surface area contributed by atoms with Crippen molar-refractivity contribution in [3.8, 4) is 17.1 Å². The normalized spacial score (nSPS) is 11.7. The minimum absolute atomic E-state index is 0.0456. The van der Waals surface area contributed by atoms with Crippen LogP contribution in [0.5, 0.6) is 5.75 Å². The van der Waals surface area contributed by atoms with Crippen molar-refractivity contribution in [2.75, 3.05) is 7.11 Å². The topological polar surface area (TPSA) is 156 Å². The molecule has 0 aliphatic rings. The van der Waals surface area contributed by atoms with Gasteiger partial charge < -0.3 is 29.0 Å². The molecule has 1 atom stereocenters. The van der Waals surface area contributed by atoms with Crippen molar-refractivity contribution < 1.29 is 38.9 Å². The molecule has 1 aromatic carbocycles. The number of pyridine rings is 1. The Bertz CT molecular complexity index is 1290. The lowest BCUT2D eigenvalue weighted by molar-refractivity contribution is -0.141. The summed E-state index contributed by atoms with van der Waals surface area (Å²) < 4.78 is 11.6. The number of aliphatic carboxylic acids is 1. The highest BCUT2D eigenvalue weighted by atomic mass is 16.5. The van der Waals surface area contributed by atoms with Crippen molar-refractivity contribution in [2.45, 2.75) is 25.8 Å². The summed E-state index contributed by atoms with van der Waals surface area (Å²) in [4.78, 5) is 47.7. The molecule has 10 heteroatoms. The number of carbonyl (C=O) groups is 3. The largest absolute Gasteiger partial charge is 0.507 e. The predicted molar refractivity (Wildman–Crippen MR) is 114 cm³/mol. The summed E-state index contributed by atoms with van der Waals surface area (Å²) in [6, 6.07) is 10.3. The Hall–Kier alpha value is -4.34. The fraction of sp³-hybridized carbons (Fsp3) is 0.217. The second kappa shape index (κ2) is 9.43. The smallest absolute Gasteiger partial charge is 0.335 e. The molecule has 33 heavy (non-hydrogen) atoms. The molecule has 0 saturated carbocycles. The van der Waals surface area contributed by atoms with Crippen molar-refractivity contribution in [2.24, 2.45) is 0 Å². The zero-order chi connectivity index (χ0) is 24.3. The Balaban J connectivity index is 2.14. The van der Waals surface area contributed by atoms with Gasteiger partial charge in [-0.05, 0) is 37.3 Å². The summed E-state index contributed by atoms with van der Waals surface area (Å²) >= 11 is 0. The van der Waals surface area contributed by atoms with E-state index < -0.39 is 41.7 Å². The summed E-state index contributed by atoms with van der Waals surface area (Å²) in [7, 11) is 1.17. The number of aromatic hydroxyl groups is 1. The number of nitrogens with zero attached hydrogens (tertiary/aromatic N) is 1. The van der Waals surface area contributed by atoms with E-state index in [1.807, 2.05) is 0 Å². The van der Waals surface area contributed by atoms with Gasteiger partial charge in [-0.25, -0.2) is 4.79 Å². The molecule has 172 valence electrons. The number of carboxylic acids is 2. The van der Waals surface area contributed by atoms with E-state index in [1.165, 1.54) is 38.3 Å². The fourth-order valence-electron chi connectivity index (χ4n) is 3.52. The van der Waals surface area contributed by atoms with Gasteiger partial charge in [0.05, 0.1) is 30.6 Å². The summed E-state index contributed by atoms with van der Waals surface area (Å²) in [6.45, 7) is 0.845. The average molecular weight is 455 g/mol. The van der Waals surface area contributed by atoms with Crippen molar-refractivity contribution >= 4 is 17.9 Å². The first-order chi connectivity index (χ1) is 15.6. The molecule has 0 saturated heterocycles. The van der Waals surface area contributed by atoms with E-state index in [0.29, 0.717) is 5.56 Å². The van der Waals surface area contributed by atoms with E-state index in [1.54, 1.807) is 18.2 Å². The monoisotopic (exact) mass is 455 g/mol. The van der Waals surface area contributed by atoms with Gasteiger partial charge in [-0.3, -0.25) is 14.4 Å². The third kappa shape index (κ3) is 4.95. The lowest BCUT2D eigenvalue weighted by Crippen LogP contribution is -2.30.